The number of carbonyl (C=O) groups is 2. The van der Waals surface area contributed by atoms with Crippen molar-refractivity contribution in [3.63, 3.8) is 0 Å². The first-order valence-corrected chi connectivity index (χ1v) is 7.76. The number of carboxylic acids is 1. The molecule has 3 atom stereocenters. The minimum Gasteiger partial charge on any atom is -0.481 e. The zero-order valence-corrected chi connectivity index (χ0v) is 12.5. The van der Waals surface area contributed by atoms with E-state index >= 15 is 0 Å². The van der Waals surface area contributed by atoms with Gasteiger partial charge in [0.1, 0.15) is 0 Å². The van der Waals surface area contributed by atoms with Crippen molar-refractivity contribution < 1.29 is 14.7 Å². The molecule has 2 fully saturated rings. The van der Waals surface area contributed by atoms with Crippen LogP contribution < -0.4 is 0 Å². The Morgan fingerprint density at radius 2 is 1.80 bits per heavy atom. The van der Waals surface area contributed by atoms with Crippen LogP contribution in [-0.4, -0.2) is 59.5 Å². The highest BCUT2D eigenvalue weighted by Crippen LogP contribution is 2.32. The first kappa shape index (κ1) is 15.3. The van der Waals surface area contributed by atoms with E-state index in [9.17, 15) is 14.7 Å². The summed E-state index contributed by atoms with van der Waals surface area (Å²) in [5, 5.41) is 9.32. The molecular weight excluding hydrogens is 256 g/mol. The minimum absolute atomic E-state index is 0.0728. The average molecular weight is 282 g/mol. The van der Waals surface area contributed by atoms with Gasteiger partial charge in [-0.15, -0.1) is 0 Å². The molecule has 0 aromatic heterocycles. The molecule has 1 heterocycles. The molecule has 0 spiro atoms. The van der Waals surface area contributed by atoms with Crippen molar-refractivity contribution in [3.8, 4) is 0 Å². The molecule has 1 saturated carbocycles. The molecule has 2 rings (SSSR count). The van der Waals surface area contributed by atoms with Gasteiger partial charge in [0.25, 0.3) is 0 Å². The van der Waals surface area contributed by atoms with Gasteiger partial charge >= 0.3 is 5.97 Å². The molecule has 1 amide bonds. The van der Waals surface area contributed by atoms with Gasteiger partial charge in [-0.3, -0.25) is 14.5 Å². The average Bonchev–Trinajstić information content (AvgIpc) is 2.47. The third-order valence-corrected chi connectivity index (χ3v) is 4.96. The summed E-state index contributed by atoms with van der Waals surface area (Å²) in [6.07, 6.45) is 4.31. The molecule has 5 heteroatoms. The maximum absolute atomic E-state index is 12.7. The van der Waals surface area contributed by atoms with Gasteiger partial charge < -0.3 is 10.0 Å². The molecule has 1 unspecified atom stereocenters. The fourth-order valence-corrected chi connectivity index (χ4v) is 3.54. The monoisotopic (exact) mass is 282 g/mol. The van der Waals surface area contributed by atoms with E-state index < -0.39 is 11.9 Å². The second-order valence-corrected chi connectivity index (χ2v) is 6.16. The van der Waals surface area contributed by atoms with Crippen molar-refractivity contribution in [1.82, 2.24) is 9.80 Å². The Morgan fingerprint density at radius 1 is 1.15 bits per heavy atom. The highest BCUT2D eigenvalue weighted by atomic mass is 16.4. The fourth-order valence-electron chi connectivity index (χ4n) is 3.54. The van der Waals surface area contributed by atoms with Crippen molar-refractivity contribution in [2.24, 2.45) is 11.8 Å². The number of hydrogen-bond donors (Lipinski definition) is 1. The maximum Gasteiger partial charge on any atom is 0.307 e. The topological polar surface area (TPSA) is 60.9 Å². The van der Waals surface area contributed by atoms with Crippen molar-refractivity contribution in [1.29, 1.82) is 0 Å². The number of carboxylic acid groups (broad SMARTS) is 1. The molecular formula is C15H26N2O3. The molecule has 0 aromatic carbocycles. The maximum atomic E-state index is 12.7. The second kappa shape index (κ2) is 6.57. The predicted molar refractivity (Wildman–Crippen MR) is 76.4 cm³/mol. The van der Waals surface area contributed by atoms with E-state index in [0.29, 0.717) is 12.5 Å². The molecule has 1 aliphatic heterocycles. The summed E-state index contributed by atoms with van der Waals surface area (Å²) < 4.78 is 0. The van der Waals surface area contributed by atoms with E-state index in [1.165, 1.54) is 0 Å². The summed E-state index contributed by atoms with van der Waals surface area (Å²) in [4.78, 5) is 28.2. The normalized spacial score (nSPS) is 32.1. The van der Waals surface area contributed by atoms with Crippen LogP contribution in [0.1, 0.15) is 39.0 Å². The molecule has 5 nitrogen and oxygen atoms in total. The third-order valence-electron chi connectivity index (χ3n) is 4.96. The molecule has 20 heavy (non-hydrogen) atoms. The van der Waals surface area contributed by atoms with E-state index in [1.807, 2.05) is 4.90 Å². The molecule has 1 saturated heterocycles. The predicted octanol–water partition coefficient (Wildman–Crippen LogP) is 1.43. The van der Waals surface area contributed by atoms with Crippen LogP contribution >= 0.6 is 0 Å². The summed E-state index contributed by atoms with van der Waals surface area (Å²) >= 11 is 0. The number of nitrogens with zero attached hydrogens (tertiary/aromatic N) is 2. The Hall–Kier alpha value is -1.10. The van der Waals surface area contributed by atoms with Crippen LogP contribution in [0.15, 0.2) is 0 Å². The second-order valence-electron chi connectivity index (χ2n) is 6.16. The van der Waals surface area contributed by atoms with E-state index in [-0.39, 0.29) is 11.8 Å². The summed E-state index contributed by atoms with van der Waals surface area (Å²) in [5.74, 6) is -1.51. The quantitative estimate of drug-likeness (QED) is 0.850. The van der Waals surface area contributed by atoms with Gasteiger partial charge in [-0.25, -0.2) is 0 Å². The van der Waals surface area contributed by atoms with Crippen LogP contribution in [0.2, 0.25) is 0 Å². The van der Waals surface area contributed by atoms with E-state index in [1.54, 1.807) is 0 Å². The van der Waals surface area contributed by atoms with Crippen molar-refractivity contribution >= 4 is 11.9 Å². The Bertz CT molecular complexity index is 372. The molecule has 114 valence electrons. The first-order valence-electron chi connectivity index (χ1n) is 7.76. The number of likely N-dealkylation sites (N-methyl/N-ethyl adjacent to an activating group) is 1. The lowest BCUT2D eigenvalue weighted by Gasteiger charge is -2.41. The van der Waals surface area contributed by atoms with Crippen molar-refractivity contribution in [2.45, 2.75) is 45.1 Å². The van der Waals surface area contributed by atoms with Crippen LogP contribution in [0, 0.1) is 11.8 Å². The zero-order valence-electron chi connectivity index (χ0n) is 12.5. The smallest absolute Gasteiger partial charge is 0.307 e. The molecule has 1 N–H and O–H groups in total. The molecule has 1 aliphatic carbocycles. The lowest BCUT2D eigenvalue weighted by molar-refractivity contribution is -0.153. The van der Waals surface area contributed by atoms with Crippen LogP contribution in [0.25, 0.3) is 0 Å². The Labute approximate surface area is 120 Å². The standard InChI is InChI=1S/C15H26N2O3/c1-3-11-10-17(9-8-16(11)2)14(18)12-6-4-5-7-13(12)15(19)20/h11-13H,3-10H2,1-2H3,(H,19,20)/t11?,12-,13+/m1/s1. The summed E-state index contributed by atoms with van der Waals surface area (Å²) in [7, 11) is 2.09. The number of amides is 1. The lowest BCUT2D eigenvalue weighted by atomic mass is 9.78. The molecule has 0 aromatic rings. The van der Waals surface area contributed by atoms with E-state index in [0.717, 1.165) is 45.3 Å². The lowest BCUT2D eigenvalue weighted by Crippen LogP contribution is -2.55. The van der Waals surface area contributed by atoms with Gasteiger partial charge in [-0.05, 0) is 26.3 Å². The molecule has 2 aliphatic rings. The van der Waals surface area contributed by atoms with Crippen molar-refractivity contribution in [3.05, 3.63) is 0 Å². The van der Waals surface area contributed by atoms with Gasteiger partial charge in [0, 0.05) is 25.7 Å². The van der Waals surface area contributed by atoms with Gasteiger partial charge in [0.15, 0.2) is 0 Å². The number of carbonyl (C=O) groups excluding carboxylic acids is 1. The zero-order chi connectivity index (χ0) is 14.7. The van der Waals surface area contributed by atoms with Gasteiger partial charge in [0.05, 0.1) is 11.8 Å². The Kier molecular flexibility index (Phi) is 5.02. The van der Waals surface area contributed by atoms with Gasteiger partial charge in [-0.2, -0.15) is 0 Å². The summed E-state index contributed by atoms with van der Waals surface area (Å²) in [5.41, 5.74) is 0. The van der Waals surface area contributed by atoms with Gasteiger partial charge in [-0.1, -0.05) is 19.8 Å². The summed E-state index contributed by atoms with van der Waals surface area (Å²) in [6, 6.07) is 0.402. The first-order chi connectivity index (χ1) is 9.54. The third kappa shape index (κ3) is 3.14. The fraction of sp³-hybridized carbons (Fsp3) is 0.867. The molecule has 0 bridgehead atoms. The highest BCUT2D eigenvalue weighted by Gasteiger charge is 2.39. The number of rotatable bonds is 3. The highest BCUT2D eigenvalue weighted by molar-refractivity contribution is 5.85. The molecule has 0 radical (unpaired) electrons. The van der Waals surface area contributed by atoms with Crippen LogP contribution in [-0.2, 0) is 9.59 Å². The van der Waals surface area contributed by atoms with Crippen LogP contribution in [0.5, 0.6) is 0 Å². The number of piperazine rings is 1. The van der Waals surface area contributed by atoms with Crippen LogP contribution in [0.3, 0.4) is 0 Å². The number of aliphatic carboxylic acids is 1. The Balaban J connectivity index is 2.04. The largest absolute Gasteiger partial charge is 0.481 e. The summed E-state index contributed by atoms with van der Waals surface area (Å²) in [6.45, 7) is 4.49. The van der Waals surface area contributed by atoms with Crippen LogP contribution in [0.4, 0.5) is 0 Å². The number of hydrogen-bond acceptors (Lipinski definition) is 3. The van der Waals surface area contributed by atoms with Gasteiger partial charge in [0.2, 0.25) is 5.91 Å². The SMILES string of the molecule is CCC1CN(C(=O)[C@@H]2CCCC[C@@H]2C(=O)O)CCN1C. The van der Waals surface area contributed by atoms with E-state index in [4.69, 9.17) is 0 Å². The minimum atomic E-state index is -0.802. The van der Waals surface area contributed by atoms with E-state index in [2.05, 4.69) is 18.9 Å². The van der Waals surface area contributed by atoms with Crippen molar-refractivity contribution in [2.75, 3.05) is 26.7 Å². The Morgan fingerprint density at radius 3 is 2.40 bits per heavy atom.